The van der Waals surface area contributed by atoms with Crippen LogP contribution in [0.25, 0.3) is 16.8 Å². The second kappa shape index (κ2) is 7.29. The second-order valence-electron chi connectivity index (χ2n) is 8.33. The van der Waals surface area contributed by atoms with Crippen LogP contribution in [0.3, 0.4) is 0 Å². The molecule has 5 rings (SSSR count). The van der Waals surface area contributed by atoms with Gasteiger partial charge in [0.1, 0.15) is 17.9 Å². The third kappa shape index (κ3) is 3.37. The van der Waals surface area contributed by atoms with E-state index in [2.05, 4.69) is 21.2 Å². The molecule has 0 spiro atoms. The maximum absolute atomic E-state index is 15.0. The van der Waals surface area contributed by atoms with Gasteiger partial charge in [-0.05, 0) is 54.2 Å². The molecule has 8 heteroatoms. The van der Waals surface area contributed by atoms with E-state index in [1.54, 1.807) is 36.4 Å². The van der Waals surface area contributed by atoms with Gasteiger partial charge in [-0.15, -0.1) is 0 Å². The van der Waals surface area contributed by atoms with Gasteiger partial charge in [0.05, 0.1) is 22.9 Å². The number of carbonyl (C=O) groups excluding carboxylic acids is 1. The number of rotatable bonds is 6. The highest BCUT2D eigenvalue weighted by molar-refractivity contribution is 5.69. The molecular weight excluding hydrogens is 397 g/mol. The Kier molecular flexibility index (Phi) is 4.56. The van der Waals surface area contributed by atoms with Crippen molar-refractivity contribution in [3.8, 4) is 22.9 Å². The number of aldehydes is 1. The van der Waals surface area contributed by atoms with E-state index < -0.39 is 11.5 Å². The predicted molar refractivity (Wildman–Crippen MR) is 111 cm³/mol. The van der Waals surface area contributed by atoms with Crippen molar-refractivity contribution >= 4 is 6.29 Å². The largest absolute Gasteiger partial charge is 0.348 e. The number of aromatic amines is 1. The van der Waals surface area contributed by atoms with Crippen molar-refractivity contribution in [3.63, 3.8) is 0 Å². The van der Waals surface area contributed by atoms with Crippen LogP contribution in [-0.4, -0.2) is 44.6 Å². The number of likely N-dealkylation sites (tertiary alicyclic amines) is 1. The number of hydrogen-bond donors (Lipinski definition) is 1. The number of nitrogens with one attached hydrogen (secondary N) is 1. The molecule has 3 aromatic rings. The zero-order chi connectivity index (χ0) is 21.6. The van der Waals surface area contributed by atoms with Crippen LogP contribution in [0.15, 0.2) is 47.3 Å². The molecule has 7 nitrogen and oxygen atoms in total. The smallest absolute Gasteiger partial charge is 0.301 e. The first kappa shape index (κ1) is 19.4. The first-order chi connectivity index (χ1) is 15.0. The number of H-pyrrole nitrogens is 1. The molecule has 0 bridgehead atoms. The monoisotopic (exact) mass is 417 g/mol. The zero-order valence-corrected chi connectivity index (χ0v) is 16.7. The number of carbonyl (C=O) groups is 1. The van der Waals surface area contributed by atoms with Crippen molar-refractivity contribution in [2.45, 2.75) is 24.8 Å². The van der Waals surface area contributed by atoms with Gasteiger partial charge < -0.3 is 4.79 Å². The molecule has 2 aliphatic rings. The summed E-state index contributed by atoms with van der Waals surface area (Å²) in [5.74, 6) is 0.225. The lowest BCUT2D eigenvalue weighted by atomic mass is 9.93. The summed E-state index contributed by atoms with van der Waals surface area (Å²) in [7, 11) is 0. The van der Waals surface area contributed by atoms with Crippen molar-refractivity contribution in [1.82, 2.24) is 19.7 Å². The van der Waals surface area contributed by atoms with Crippen LogP contribution < -0.4 is 5.69 Å². The number of halogens is 1. The van der Waals surface area contributed by atoms with Gasteiger partial charge in [0.15, 0.2) is 0 Å². The lowest BCUT2D eigenvalue weighted by molar-refractivity contribution is -0.116. The molecular formula is C23H20FN5O2. The molecule has 0 amide bonds. The molecule has 156 valence electrons. The molecule has 2 heterocycles. The number of nitrogens with zero attached hydrogens (tertiary/aromatic N) is 4. The molecule has 1 aliphatic heterocycles. The molecule has 1 N–H and O–H groups in total. The zero-order valence-electron chi connectivity index (χ0n) is 16.7. The first-order valence-corrected chi connectivity index (χ1v) is 10.2. The Morgan fingerprint density at radius 2 is 1.90 bits per heavy atom. The molecule has 2 aromatic carbocycles. The van der Waals surface area contributed by atoms with Crippen LogP contribution in [0.5, 0.6) is 0 Å². The molecule has 1 saturated heterocycles. The van der Waals surface area contributed by atoms with Gasteiger partial charge in [0.2, 0.25) is 0 Å². The fraction of sp³-hybridized carbons (Fsp3) is 0.304. The van der Waals surface area contributed by atoms with Crippen molar-refractivity contribution in [3.05, 3.63) is 70.2 Å². The maximum Gasteiger partial charge on any atom is 0.348 e. The van der Waals surface area contributed by atoms with Crippen molar-refractivity contribution in [1.29, 1.82) is 5.26 Å². The summed E-state index contributed by atoms with van der Waals surface area (Å²) >= 11 is 0. The maximum atomic E-state index is 15.0. The SMILES string of the molecule is N#Cc1ccc(-c2ccc(-n3c(CC4CN(C5(C=O)CC5)C4)n[nH]c3=O)c(F)c2)cc1. The molecule has 1 saturated carbocycles. The Morgan fingerprint density at radius 1 is 1.19 bits per heavy atom. The van der Waals surface area contributed by atoms with E-state index in [1.807, 2.05) is 0 Å². The lowest BCUT2D eigenvalue weighted by Gasteiger charge is -2.42. The van der Waals surface area contributed by atoms with Crippen LogP contribution >= 0.6 is 0 Å². The average Bonchev–Trinajstić information content (AvgIpc) is 3.47. The summed E-state index contributed by atoms with van der Waals surface area (Å²) in [6, 6.07) is 13.6. The van der Waals surface area contributed by atoms with Gasteiger partial charge in [-0.2, -0.15) is 10.4 Å². The Labute approximate surface area is 177 Å². The summed E-state index contributed by atoms with van der Waals surface area (Å²) in [6.07, 6.45) is 3.39. The standard InChI is InChI=1S/C23H20FN5O2/c24-19-10-18(17-3-1-15(11-25)2-4-17)5-6-20(19)29-21(26-27-22(29)31)9-16-12-28(13-16)23(14-30)7-8-23/h1-6,10,14,16H,7-9,12-13H2,(H,27,31). The predicted octanol–water partition coefficient (Wildman–Crippen LogP) is 2.44. The third-order valence-corrected chi connectivity index (χ3v) is 6.32. The molecule has 0 unspecified atom stereocenters. The second-order valence-corrected chi connectivity index (χ2v) is 8.33. The van der Waals surface area contributed by atoms with Crippen LogP contribution in [0.2, 0.25) is 0 Å². The van der Waals surface area contributed by atoms with Crippen LogP contribution in [-0.2, 0) is 11.2 Å². The molecule has 2 fully saturated rings. The van der Waals surface area contributed by atoms with Crippen LogP contribution in [0.4, 0.5) is 4.39 Å². The summed E-state index contributed by atoms with van der Waals surface area (Å²) in [5.41, 5.74) is 1.36. The Balaban J connectivity index is 1.37. The van der Waals surface area contributed by atoms with Gasteiger partial charge in [0.25, 0.3) is 0 Å². The van der Waals surface area contributed by atoms with Gasteiger partial charge >= 0.3 is 5.69 Å². The van der Waals surface area contributed by atoms with Crippen molar-refractivity contribution < 1.29 is 9.18 Å². The Bertz CT molecular complexity index is 1240. The van der Waals surface area contributed by atoms with Gasteiger partial charge in [-0.25, -0.2) is 18.9 Å². The normalized spacial score (nSPS) is 17.7. The van der Waals surface area contributed by atoms with Crippen LogP contribution in [0.1, 0.15) is 24.2 Å². The number of benzene rings is 2. The van der Waals surface area contributed by atoms with E-state index >= 15 is 4.39 Å². The van der Waals surface area contributed by atoms with Crippen LogP contribution in [0, 0.1) is 23.1 Å². The van der Waals surface area contributed by atoms with Crippen molar-refractivity contribution in [2.75, 3.05) is 13.1 Å². The summed E-state index contributed by atoms with van der Waals surface area (Å²) in [6.45, 7) is 1.56. The fourth-order valence-electron chi connectivity index (χ4n) is 4.28. The quantitative estimate of drug-likeness (QED) is 0.622. The summed E-state index contributed by atoms with van der Waals surface area (Å²) in [5, 5.41) is 15.5. The molecule has 31 heavy (non-hydrogen) atoms. The fourth-order valence-corrected chi connectivity index (χ4v) is 4.28. The molecule has 0 radical (unpaired) electrons. The molecule has 1 aliphatic carbocycles. The van der Waals surface area contributed by atoms with Crippen molar-refractivity contribution in [2.24, 2.45) is 5.92 Å². The first-order valence-electron chi connectivity index (χ1n) is 10.2. The Hall–Kier alpha value is -3.57. The number of hydrogen-bond acceptors (Lipinski definition) is 5. The Morgan fingerprint density at radius 3 is 2.52 bits per heavy atom. The molecule has 1 aromatic heterocycles. The van der Waals surface area contributed by atoms with Gasteiger partial charge in [-0.1, -0.05) is 18.2 Å². The minimum atomic E-state index is -0.528. The average molecular weight is 417 g/mol. The minimum absolute atomic E-state index is 0.147. The highest BCUT2D eigenvalue weighted by Crippen LogP contribution is 2.44. The highest BCUT2D eigenvalue weighted by atomic mass is 19.1. The van der Waals surface area contributed by atoms with E-state index in [4.69, 9.17) is 5.26 Å². The van der Waals surface area contributed by atoms with E-state index in [-0.39, 0.29) is 17.1 Å². The van der Waals surface area contributed by atoms with E-state index in [0.717, 1.165) is 37.8 Å². The van der Waals surface area contributed by atoms with Gasteiger partial charge in [-0.3, -0.25) is 4.90 Å². The highest BCUT2D eigenvalue weighted by Gasteiger charge is 2.52. The summed E-state index contributed by atoms with van der Waals surface area (Å²) < 4.78 is 16.3. The van der Waals surface area contributed by atoms with E-state index in [1.165, 1.54) is 10.6 Å². The number of nitriles is 1. The molecule has 0 atom stereocenters. The minimum Gasteiger partial charge on any atom is -0.301 e. The van der Waals surface area contributed by atoms with Gasteiger partial charge in [0, 0.05) is 19.5 Å². The topological polar surface area (TPSA) is 94.8 Å². The lowest BCUT2D eigenvalue weighted by Crippen LogP contribution is -2.55. The third-order valence-electron chi connectivity index (χ3n) is 6.32. The van der Waals surface area contributed by atoms with E-state index in [0.29, 0.717) is 23.4 Å². The number of aromatic nitrogens is 3. The summed E-state index contributed by atoms with van der Waals surface area (Å²) in [4.78, 5) is 25.8. The van der Waals surface area contributed by atoms with E-state index in [9.17, 15) is 9.59 Å².